The Morgan fingerprint density at radius 2 is 2.07 bits per heavy atom. The average molecular weight is 362 g/mol. The van der Waals surface area contributed by atoms with Crippen molar-refractivity contribution in [2.45, 2.75) is 39.7 Å². The zero-order valence-corrected chi connectivity index (χ0v) is 15.7. The lowest BCUT2D eigenvalue weighted by molar-refractivity contribution is 0.415. The van der Waals surface area contributed by atoms with Crippen LogP contribution in [0.1, 0.15) is 38.8 Å². The highest BCUT2D eigenvalue weighted by Crippen LogP contribution is 2.29. The highest BCUT2D eigenvalue weighted by Gasteiger charge is 2.18. The minimum atomic E-state index is -0.0936. The van der Waals surface area contributed by atoms with Crippen molar-refractivity contribution >= 4 is 10.8 Å². The normalized spacial score (nSPS) is 11.6. The van der Waals surface area contributed by atoms with Crippen LogP contribution in [0.25, 0.3) is 27.7 Å². The molecule has 1 aromatic carbocycles. The standard InChI is InChI=1S/C21H22N4O2/c1-4-9-24-13-16(12-22-24)17-7-5-6-15-11-18(14(2)3)25(21(26)20(15)17)19-8-10-27-23-19/h5-8,10-14H,4,9H2,1-3H3. The first-order chi connectivity index (χ1) is 13.1. The van der Waals surface area contributed by atoms with Gasteiger partial charge in [-0.3, -0.25) is 14.0 Å². The van der Waals surface area contributed by atoms with Gasteiger partial charge in [0.05, 0.1) is 11.6 Å². The van der Waals surface area contributed by atoms with E-state index in [0.29, 0.717) is 11.2 Å². The van der Waals surface area contributed by atoms with E-state index in [2.05, 4.69) is 37.1 Å². The minimum absolute atomic E-state index is 0.0936. The molecule has 0 aliphatic rings. The van der Waals surface area contributed by atoms with Crippen molar-refractivity contribution in [1.29, 1.82) is 0 Å². The molecule has 0 saturated carbocycles. The molecule has 27 heavy (non-hydrogen) atoms. The summed E-state index contributed by atoms with van der Waals surface area (Å²) in [6, 6.07) is 9.71. The van der Waals surface area contributed by atoms with E-state index in [0.717, 1.165) is 35.2 Å². The van der Waals surface area contributed by atoms with Crippen molar-refractivity contribution in [3.8, 4) is 16.9 Å². The number of rotatable bonds is 5. The Morgan fingerprint density at radius 1 is 1.22 bits per heavy atom. The van der Waals surface area contributed by atoms with Crippen LogP contribution in [0.15, 0.2) is 58.3 Å². The Labute approximate surface area is 157 Å². The fourth-order valence-electron chi connectivity index (χ4n) is 3.46. The molecule has 0 spiro atoms. The van der Waals surface area contributed by atoms with Gasteiger partial charge in [-0.25, -0.2) is 0 Å². The number of fused-ring (bicyclic) bond motifs is 1. The van der Waals surface area contributed by atoms with Crippen LogP contribution in [0.5, 0.6) is 0 Å². The lowest BCUT2D eigenvalue weighted by atomic mass is 9.99. The average Bonchev–Trinajstić information content (AvgIpc) is 3.33. The van der Waals surface area contributed by atoms with E-state index in [1.54, 1.807) is 10.6 Å². The SMILES string of the molecule is CCCn1cc(-c2cccc3cc(C(C)C)n(-c4ccon4)c(=O)c23)cn1. The largest absolute Gasteiger partial charge is 0.363 e. The maximum atomic E-state index is 13.5. The number of benzene rings is 1. The van der Waals surface area contributed by atoms with Crippen LogP contribution >= 0.6 is 0 Å². The third-order valence-corrected chi connectivity index (χ3v) is 4.72. The highest BCUT2D eigenvalue weighted by atomic mass is 16.5. The van der Waals surface area contributed by atoms with Gasteiger partial charge < -0.3 is 4.52 Å². The van der Waals surface area contributed by atoms with Crippen LogP contribution in [-0.2, 0) is 6.54 Å². The zero-order valence-electron chi connectivity index (χ0n) is 15.7. The molecule has 0 unspecified atom stereocenters. The van der Waals surface area contributed by atoms with E-state index in [9.17, 15) is 4.79 Å². The number of hydrogen-bond donors (Lipinski definition) is 0. The van der Waals surface area contributed by atoms with Gasteiger partial charge in [0.25, 0.3) is 5.56 Å². The maximum absolute atomic E-state index is 13.5. The van der Waals surface area contributed by atoms with E-state index in [4.69, 9.17) is 4.52 Å². The summed E-state index contributed by atoms with van der Waals surface area (Å²) in [5.74, 6) is 0.664. The molecule has 0 saturated heterocycles. The molecule has 0 aliphatic heterocycles. The van der Waals surface area contributed by atoms with Crippen molar-refractivity contribution in [3.63, 3.8) is 0 Å². The van der Waals surface area contributed by atoms with E-state index in [1.807, 2.05) is 35.3 Å². The molecule has 138 valence electrons. The van der Waals surface area contributed by atoms with E-state index >= 15 is 0 Å². The molecular weight excluding hydrogens is 340 g/mol. The number of nitrogens with zero attached hydrogens (tertiary/aromatic N) is 4. The number of pyridine rings is 1. The zero-order chi connectivity index (χ0) is 19.0. The highest BCUT2D eigenvalue weighted by molar-refractivity contribution is 5.96. The molecule has 0 radical (unpaired) electrons. The van der Waals surface area contributed by atoms with E-state index in [1.165, 1.54) is 6.26 Å². The van der Waals surface area contributed by atoms with Crippen molar-refractivity contribution < 1.29 is 4.52 Å². The monoisotopic (exact) mass is 362 g/mol. The first-order valence-electron chi connectivity index (χ1n) is 9.22. The van der Waals surface area contributed by atoms with Gasteiger partial charge in [0, 0.05) is 30.1 Å². The number of aryl methyl sites for hydroxylation is 1. The van der Waals surface area contributed by atoms with Crippen LogP contribution in [0.3, 0.4) is 0 Å². The lowest BCUT2D eigenvalue weighted by Gasteiger charge is -2.16. The third-order valence-electron chi connectivity index (χ3n) is 4.72. The van der Waals surface area contributed by atoms with Crippen molar-refractivity contribution in [1.82, 2.24) is 19.5 Å². The molecule has 0 fully saturated rings. The summed E-state index contributed by atoms with van der Waals surface area (Å²) >= 11 is 0. The third kappa shape index (κ3) is 2.97. The summed E-state index contributed by atoms with van der Waals surface area (Å²) in [5.41, 5.74) is 2.63. The molecule has 4 rings (SSSR count). The van der Waals surface area contributed by atoms with Crippen LogP contribution < -0.4 is 5.56 Å². The summed E-state index contributed by atoms with van der Waals surface area (Å²) in [4.78, 5) is 13.5. The Bertz CT molecular complexity index is 1140. The molecule has 0 amide bonds. The van der Waals surface area contributed by atoms with Gasteiger partial charge in [0.15, 0.2) is 5.82 Å². The maximum Gasteiger partial charge on any atom is 0.265 e. The van der Waals surface area contributed by atoms with Crippen LogP contribution in [0.4, 0.5) is 0 Å². The van der Waals surface area contributed by atoms with Crippen LogP contribution in [-0.4, -0.2) is 19.5 Å². The van der Waals surface area contributed by atoms with E-state index in [-0.39, 0.29) is 11.5 Å². The molecule has 0 bridgehead atoms. The first-order valence-corrected chi connectivity index (χ1v) is 9.22. The molecule has 0 aliphatic carbocycles. The quantitative estimate of drug-likeness (QED) is 0.528. The second kappa shape index (κ2) is 6.87. The second-order valence-electron chi connectivity index (χ2n) is 6.98. The Kier molecular flexibility index (Phi) is 4.39. The summed E-state index contributed by atoms with van der Waals surface area (Å²) in [7, 11) is 0. The predicted octanol–water partition coefficient (Wildman–Crippen LogP) is 4.38. The Hall–Kier alpha value is -3.15. The van der Waals surface area contributed by atoms with Gasteiger partial charge in [-0.2, -0.15) is 5.10 Å². The van der Waals surface area contributed by atoms with Crippen molar-refractivity contribution in [3.05, 3.63) is 65.0 Å². The predicted molar refractivity (Wildman–Crippen MR) is 105 cm³/mol. The summed E-state index contributed by atoms with van der Waals surface area (Å²) in [6.45, 7) is 7.10. The fourth-order valence-corrected chi connectivity index (χ4v) is 3.46. The fraction of sp³-hybridized carbons (Fsp3) is 0.286. The van der Waals surface area contributed by atoms with Crippen molar-refractivity contribution in [2.75, 3.05) is 0 Å². The minimum Gasteiger partial charge on any atom is -0.363 e. The molecule has 6 heteroatoms. The summed E-state index contributed by atoms with van der Waals surface area (Å²) in [6.07, 6.45) is 6.30. The molecule has 3 heterocycles. The van der Waals surface area contributed by atoms with Gasteiger partial charge in [-0.05, 0) is 29.4 Å². The van der Waals surface area contributed by atoms with Gasteiger partial charge in [-0.15, -0.1) is 0 Å². The Morgan fingerprint density at radius 3 is 2.78 bits per heavy atom. The van der Waals surface area contributed by atoms with E-state index < -0.39 is 0 Å². The summed E-state index contributed by atoms with van der Waals surface area (Å²) in [5, 5.41) is 10.0. The summed E-state index contributed by atoms with van der Waals surface area (Å²) < 4.78 is 8.55. The second-order valence-corrected chi connectivity index (χ2v) is 6.98. The van der Waals surface area contributed by atoms with Crippen LogP contribution in [0.2, 0.25) is 0 Å². The van der Waals surface area contributed by atoms with Gasteiger partial charge in [0.1, 0.15) is 6.26 Å². The molecule has 3 aromatic heterocycles. The van der Waals surface area contributed by atoms with Gasteiger partial charge in [-0.1, -0.05) is 44.1 Å². The van der Waals surface area contributed by atoms with Crippen molar-refractivity contribution in [2.24, 2.45) is 0 Å². The molecule has 0 N–H and O–H groups in total. The topological polar surface area (TPSA) is 65.8 Å². The first kappa shape index (κ1) is 17.3. The molecule has 6 nitrogen and oxygen atoms in total. The molecule has 0 atom stereocenters. The number of aromatic nitrogens is 4. The molecule has 4 aromatic rings. The number of hydrogen-bond acceptors (Lipinski definition) is 4. The van der Waals surface area contributed by atoms with Gasteiger partial charge >= 0.3 is 0 Å². The van der Waals surface area contributed by atoms with Crippen LogP contribution in [0, 0.1) is 0 Å². The lowest BCUT2D eigenvalue weighted by Crippen LogP contribution is -2.23. The Balaban J connectivity index is 2.02. The molecular formula is C21H22N4O2. The smallest absolute Gasteiger partial charge is 0.265 e. The van der Waals surface area contributed by atoms with Gasteiger partial charge in [0.2, 0.25) is 0 Å².